The van der Waals surface area contributed by atoms with Gasteiger partial charge in [0.1, 0.15) is 0 Å². The fourth-order valence-corrected chi connectivity index (χ4v) is 1.81. The molecule has 4 heteroatoms. The van der Waals surface area contributed by atoms with E-state index in [2.05, 4.69) is 0 Å². The molecule has 1 rings (SSSR count). The first-order chi connectivity index (χ1) is 7.59. The Morgan fingerprint density at radius 3 is 2.56 bits per heavy atom. The van der Waals surface area contributed by atoms with Gasteiger partial charge in [-0.25, -0.2) is 0 Å². The summed E-state index contributed by atoms with van der Waals surface area (Å²) >= 11 is 1.28. The summed E-state index contributed by atoms with van der Waals surface area (Å²) in [6.07, 6.45) is 1.28. The summed E-state index contributed by atoms with van der Waals surface area (Å²) < 4.78 is 0. The minimum Gasteiger partial charge on any atom is -0.379 e. The molecule has 0 saturated carbocycles. The molecule has 0 radical (unpaired) electrons. The molecule has 1 aromatic carbocycles. The van der Waals surface area contributed by atoms with Crippen LogP contribution in [0.5, 0.6) is 0 Å². The van der Waals surface area contributed by atoms with Crippen molar-refractivity contribution in [2.75, 3.05) is 5.75 Å². The van der Waals surface area contributed by atoms with Crippen LogP contribution in [-0.4, -0.2) is 16.7 Å². The second-order valence-corrected chi connectivity index (χ2v) is 4.74. The maximum atomic E-state index is 11.7. The Hall–Kier alpha value is -1.29. The lowest BCUT2D eigenvalue weighted by Gasteiger charge is -2.01. The number of nitrogens with one attached hydrogen (secondary N) is 1. The average Bonchev–Trinajstić information content (AvgIpc) is 2.25. The monoisotopic (exact) mass is 236 g/mol. The van der Waals surface area contributed by atoms with E-state index in [-0.39, 0.29) is 11.0 Å². The van der Waals surface area contributed by atoms with Crippen molar-refractivity contribution in [1.29, 1.82) is 5.41 Å². The fraction of sp³-hybridized carbons (Fsp3) is 0.333. The van der Waals surface area contributed by atoms with E-state index >= 15 is 0 Å². The number of carbonyl (C=O) groups excluding carboxylic acids is 1. The molecule has 3 N–H and O–H groups in total. The maximum Gasteiger partial charge on any atom is 0.162 e. The van der Waals surface area contributed by atoms with Crippen molar-refractivity contribution < 1.29 is 4.79 Å². The second-order valence-electron chi connectivity index (χ2n) is 3.61. The highest BCUT2D eigenvalue weighted by Crippen LogP contribution is 2.10. The van der Waals surface area contributed by atoms with Crippen molar-refractivity contribution in [3.8, 4) is 0 Å². The molecule has 0 aromatic heterocycles. The number of carbonyl (C=O) groups is 1. The first kappa shape index (κ1) is 12.8. The van der Waals surface area contributed by atoms with Crippen LogP contribution < -0.4 is 5.73 Å². The zero-order valence-corrected chi connectivity index (χ0v) is 10.1. The molecule has 0 aliphatic carbocycles. The molecule has 0 aliphatic heterocycles. The Labute approximate surface area is 99.9 Å². The normalized spacial score (nSPS) is 10.1. The summed E-state index contributed by atoms with van der Waals surface area (Å²) in [5.41, 5.74) is 7.12. The van der Waals surface area contributed by atoms with Gasteiger partial charge in [0.2, 0.25) is 0 Å². The van der Waals surface area contributed by atoms with Crippen molar-refractivity contribution in [1.82, 2.24) is 0 Å². The van der Waals surface area contributed by atoms with Crippen LogP contribution in [0.4, 0.5) is 0 Å². The molecule has 0 aliphatic rings. The third-order valence-corrected chi connectivity index (χ3v) is 2.98. The van der Waals surface area contributed by atoms with Crippen molar-refractivity contribution >= 4 is 22.7 Å². The van der Waals surface area contributed by atoms with E-state index in [0.717, 1.165) is 23.3 Å². The van der Waals surface area contributed by atoms with Gasteiger partial charge in [-0.15, -0.1) is 0 Å². The predicted octanol–water partition coefficient (Wildman–Crippen LogP) is 2.58. The standard InChI is InChI=1S/C12H16N2OS/c1-9-4-6-10(7-5-9)11(15)3-2-8-16-12(13)14/h4-7H,2-3,8H2,1H3,(H3,13,14). The quantitative estimate of drug-likeness (QED) is 0.357. The molecule has 0 heterocycles. The van der Waals surface area contributed by atoms with Crippen LogP contribution in [0, 0.1) is 12.3 Å². The highest BCUT2D eigenvalue weighted by atomic mass is 32.2. The number of benzene rings is 1. The van der Waals surface area contributed by atoms with E-state index in [4.69, 9.17) is 11.1 Å². The number of aryl methyl sites for hydroxylation is 1. The SMILES string of the molecule is Cc1ccc(C(=O)CCCSC(=N)N)cc1. The lowest BCUT2D eigenvalue weighted by atomic mass is 10.1. The van der Waals surface area contributed by atoms with Gasteiger partial charge in [-0.3, -0.25) is 10.2 Å². The molecule has 0 amide bonds. The van der Waals surface area contributed by atoms with Crippen LogP contribution in [0.1, 0.15) is 28.8 Å². The van der Waals surface area contributed by atoms with Crippen LogP contribution >= 0.6 is 11.8 Å². The van der Waals surface area contributed by atoms with Gasteiger partial charge in [0, 0.05) is 17.7 Å². The van der Waals surface area contributed by atoms with Crippen LogP contribution in [0.25, 0.3) is 0 Å². The van der Waals surface area contributed by atoms with Crippen LogP contribution in [0.3, 0.4) is 0 Å². The van der Waals surface area contributed by atoms with E-state index in [9.17, 15) is 4.79 Å². The molecule has 3 nitrogen and oxygen atoms in total. The van der Waals surface area contributed by atoms with E-state index in [1.54, 1.807) is 0 Å². The average molecular weight is 236 g/mol. The van der Waals surface area contributed by atoms with Crippen molar-refractivity contribution in [2.45, 2.75) is 19.8 Å². The first-order valence-electron chi connectivity index (χ1n) is 5.16. The lowest BCUT2D eigenvalue weighted by Crippen LogP contribution is -2.05. The molecule has 0 spiro atoms. The predicted molar refractivity (Wildman–Crippen MR) is 69.1 cm³/mol. The molecular formula is C12H16N2OS. The maximum absolute atomic E-state index is 11.7. The van der Waals surface area contributed by atoms with Crippen molar-refractivity contribution in [3.63, 3.8) is 0 Å². The Morgan fingerprint density at radius 1 is 1.38 bits per heavy atom. The molecular weight excluding hydrogens is 220 g/mol. The third-order valence-electron chi connectivity index (χ3n) is 2.18. The van der Waals surface area contributed by atoms with Crippen LogP contribution in [0.2, 0.25) is 0 Å². The summed E-state index contributed by atoms with van der Waals surface area (Å²) in [7, 11) is 0. The number of amidine groups is 1. The van der Waals surface area contributed by atoms with Gasteiger partial charge in [-0.1, -0.05) is 41.6 Å². The Morgan fingerprint density at radius 2 is 2.00 bits per heavy atom. The highest BCUT2D eigenvalue weighted by Gasteiger charge is 2.04. The number of nitrogens with two attached hydrogens (primary N) is 1. The Kier molecular flexibility index (Phi) is 5.05. The summed E-state index contributed by atoms with van der Waals surface area (Å²) in [5, 5.41) is 7.14. The second kappa shape index (κ2) is 6.33. The van der Waals surface area contributed by atoms with Gasteiger partial charge in [0.25, 0.3) is 0 Å². The number of ketones is 1. The van der Waals surface area contributed by atoms with Gasteiger partial charge in [-0.05, 0) is 13.3 Å². The molecule has 1 aromatic rings. The molecule has 0 atom stereocenters. The number of Topliss-reactive ketones (excluding diaryl/α,β-unsaturated/α-hetero) is 1. The minimum absolute atomic E-state index is 0.114. The van der Waals surface area contributed by atoms with E-state index in [1.807, 2.05) is 31.2 Å². The molecule has 0 unspecified atom stereocenters. The summed E-state index contributed by atoms with van der Waals surface area (Å²) in [5.74, 6) is 0.886. The van der Waals surface area contributed by atoms with Crippen LogP contribution in [-0.2, 0) is 0 Å². The van der Waals surface area contributed by atoms with Gasteiger partial charge in [0.15, 0.2) is 11.0 Å². The molecule has 16 heavy (non-hydrogen) atoms. The fourth-order valence-electron chi connectivity index (χ4n) is 1.30. The number of rotatable bonds is 5. The summed E-state index contributed by atoms with van der Waals surface area (Å²) in [6.45, 7) is 2.00. The van der Waals surface area contributed by atoms with Gasteiger partial charge in [0.05, 0.1) is 0 Å². The topological polar surface area (TPSA) is 66.9 Å². The summed E-state index contributed by atoms with van der Waals surface area (Å²) in [4.78, 5) is 11.7. The number of hydrogen-bond acceptors (Lipinski definition) is 3. The number of thioether (sulfide) groups is 1. The van der Waals surface area contributed by atoms with Crippen molar-refractivity contribution in [2.24, 2.45) is 5.73 Å². The Bertz CT molecular complexity index is 373. The summed E-state index contributed by atoms with van der Waals surface area (Å²) in [6, 6.07) is 7.60. The van der Waals surface area contributed by atoms with E-state index in [1.165, 1.54) is 11.8 Å². The van der Waals surface area contributed by atoms with E-state index < -0.39 is 0 Å². The van der Waals surface area contributed by atoms with Gasteiger partial charge < -0.3 is 5.73 Å². The van der Waals surface area contributed by atoms with Gasteiger partial charge in [-0.2, -0.15) is 0 Å². The first-order valence-corrected chi connectivity index (χ1v) is 6.15. The minimum atomic E-state index is 0.114. The zero-order chi connectivity index (χ0) is 12.0. The zero-order valence-electron chi connectivity index (χ0n) is 9.32. The van der Waals surface area contributed by atoms with Gasteiger partial charge >= 0.3 is 0 Å². The third kappa shape index (κ3) is 4.49. The molecule has 0 saturated heterocycles. The molecule has 86 valence electrons. The molecule has 0 fully saturated rings. The lowest BCUT2D eigenvalue weighted by molar-refractivity contribution is 0.0982. The van der Waals surface area contributed by atoms with E-state index in [0.29, 0.717) is 6.42 Å². The van der Waals surface area contributed by atoms with Crippen molar-refractivity contribution in [3.05, 3.63) is 35.4 Å². The number of hydrogen-bond donors (Lipinski definition) is 2. The molecule has 0 bridgehead atoms. The smallest absolute Gasteiger partial charge is 0.162 e. The largest absolute Gasteiger partial charge is 0.379 e. The highest BCUT2D eigenvalue weighted by molar-refractivity contribution is 8.13. The van der Waals surface area contributed by atoms with Crippen LogP contribution in [0.15, 0.2) is 24.3 Å². The Balaban J connectivity index is 2.35.